The smallest absolute Gasteiger partial charge is 0.388 e. The highest BCUT2D eigenvalue weighted by atomic mass is 35.5. The quantitative estimate of drug-likeness (QED) is 0.694. The van der Waals surface area contributed by atoms with Crippen LogP contribution >= 0.6 is 23.2 Å². The SMILES string of the molecule is CN(Cc1ccc(Cl)cc1Cl)Cn1nc(-c2ccncc2)oc1=O. The Morgan fingerprint density at radius 1 is 1.21 bits per heavy atom. The van der Waals surface area contributed by atoms with Crippen LogP contribution in [0.1, 0.15) is 5.56 Å². The molecule has 1 aromatic carbocycles. The zero-order valence-electron chi connectivity index (χ0n) is 12.8. The molecule has 0 saturated heterocycles. The molecular formula is C16H14Cl2N4O2. The molecule has 0 bridgehead atoms. The summed E-state index contributed by atoms with van der Waals surface area (Å²) in [7, 11) is 1.86. The van der Waals surface area contributed by atoms with Crippen LogP contribution in [-0.4, -0.2) is 26.7 Å². The predicted molar refractivity (Wildman–Crippen MR) is 91.9 cm³/mol. The number of hydrogen-bond acceptors (Lipinski definition) is 5. The molecule has 0 aliphatic heterocycles. The number of pyridine rings is 1. The van der Waals surface area contributed by atoms with Gasteiger partial charge in [-0.25, -0.2) is 4.79 Å². The summed E-state index contributed by atoms with van der Waals surface area (Å²) in [6.07, 6.45) is 3.23. The van der Waals surface area contributed by atoms with E-state index >= 15 is 0 Å². The lowest BCUT2D eigenvalue weighted by atomic mass is 10.2. The third kappa shape index (κ3) is 3.84. The minimum absolute atomic E-state index is 0.264. The summed E-state index contributed by atoms with van der Waals surface area (Å²) in [5.74, 6) is -0.254. The van der Waals surface area contributed by atoms with Gasteiger partial charge < -0.3 is 4.42 Å². The molecule has 2 heterocycles. The van der Waals surface area contributed by atoms with Crippen molar-refractivity contribution >= 4 is 23.2 Å². The number of benzene rings is 1. The maximum atomic E-state index is 12.0. The summed E-state index contributed by atoms with van der Waals surface area (Å²) in [6.45, 7) is 0.812. The molecule has 2 aromatic heterocycles. The Hall–Kier alpha value is -2.15. The zero-order chi connectivity index (χ0) is 17.1. The summed E-state index contributed by atoms with van der Waals surface area (Å²) in [5.41, 5.74) is 1.61. The van der Waals surface area contributed by atoms with Crippen LogP contribution in [0, 0.1) is 0 Å². The van der Waals surface area contributed by atoms with Crippen molar-refractivity contribution in [2.75, 3.05) is 7.05 Å². The van der Waals surface area contributed by atoms with Gasteiger partial charge in [0.2, 0.25) is 5.89 Å². The minimum atomic E-state index is -0.518. The van der Waals surface area contributed by atoms with Gasteiger partial charge in [0.15, 0.2) is 0 Å². The molecule has 24 heavy (non-hydrogen) atoms. The number of rotatable bonds is 5. The van der Waals surface area contributed by atoms with E-state index in [-0.39, 0.29) is 12.6 Å². The van der Waals surface area contributed by atoms with E-state index < -0.39 is 5.76 Å². The molecule has 0 N–H and O–H groups in total. The van der Waals surface area contributed by atoms with Crippen molar-refractivity contribution in [2.24, 2.45) is 0 Å². The molecule has 3 rings (SSSR count). The highest BCUT2D eigenvalue weighted by Gasteiger charge is 2.12. The molecule has 3 aromatic rings. The molecule has 0 radical (unpaired) electrons. The molecule has 0 aliphatic rings. The van der Waals surface area contributed by atoms with Gasteiger partial charge in [0.25, 0.3) is 0 Å². The summed E-state index contributed by atoms with van der Waals surface area (Å²) in [4.78, 5) is 17.8. The molecule has 0 atom stereocenters. The van der Waals surface area contributed by atoms with Crippen molar-refractivity contribution in [1.29, 1.82) is 0 Å². The Labute approximate surface area is 148 Å². The molecule has 0 unspecified atom stereocenters. The largest absolute Gasteiger partial charge is 0.438 e. The molecule has 0 saturated carbocycles. The predicted octanol–water partition coefficient (Wildman–Crippen LogP) is 3.29. The maximum absolute atomic E-state index is 12.0. The normalized spacial score (nSPS) is 11.2. The van der Waals surface area contributed by atoms with Crippen LogP contribution in [0.15, 0.2) is 51.9 Å². The van der Waals surface area contributed by atoms with Crippen molar-refractivity contribution in [3.05, 3.63) is 68.9 Å². The molecule has 124 valence electrons. The Bertz CT molecular complexity index is 893. The second-order valence-corrected chi connectivity index (χ2v) is 6.14. The van der Waals surface area contributed by atoms with Gasteiger partial charge >= 0.3 is 5.76 Å². The molecule has 8 heteroatoms. The number of hydrogen-bond donors (Lipinski definition) is 0. The summed E-state index contributed by atoms with van der Waals surface area (Å²) < 4.78 is 6.45. The third-order valence-corrected chi connectivity index (χ3v) is 3.95. The number of aromatic nitrogens is 3. The van der Waals surface area contributed by atoms with Gasteiger partial charge in [0, 0.05) is 34.5 Å². The van der Waals surface area contributed by atoms with Gasteiger partial charge in [-0.15, -0.1) is 5.10 Å². The Morgan fingerprint density at radius 3 is 2.67 bits per heavy atom. The van der Waals surface area contributed by atoms with Gasteiger partial charge in [0.1, 0.15) is 6.67 Å². The van der Waals surface area contributed by atoms with Crippen LogP contribution in [0.3, 0.4) is 0 Å². The van der Waals surface area contributed by atoms with Gasteiger partial charge in [0.05, 0.1) is 0 Å². The van der Waals surface area contributed by atoms with Crippen molar-refractivity contribution < 1.29 is 4.42 Å². The van der Waals surface area contributed by atoms with Crippen LogP contribution in [0.5, 0.6) is 0 Å². The minimum Gasteiger partial charge on any atom is -0.388 e. The van der Waals surface area contributed by atoms with Crippen LogP contribution in [0.4, 0.5) is 0 Å². The van der Waals surface area contributed by atoms with E-state index in [4.69, 9.17) is 27.6 Å². The van der Waals surface area contributed by atoms with E-state index in [0.29, 0.717) is 22.2 Å². The first-order chi connectivity index (χ1) is 11.5. The second-order valence-electron chi connectivity index (χ2n) is 5.30. The Balaban J connectivity index is 1.74. The van der Waals surface area contributed by atoms with E-state index in [9.17, 15) is 4.79 Å². The first kappa shape index (κ1) is 16.7. The van der Waals surface area contributed by atoms with Crippen molar-refractivity contribution in [3.8, 4) is 11.5 Å². The number of halogens is 2. The van der Waals surface area contributed by atoms with Crippen LogP contribution in [-0.2, 0) is 13.2 Å². The van der Waals surface area contributed by atoms with Crippen molar-refractivity contribution in [3.63, 3.8) is 0 Å². The molecule has 0 aliphatic carbocycles. The standard InChI is InChI=1S/C16H14Cl2N4O2/c1-21(9-12-2-3-13(17)8-14(12)18)10-22-16(23)24-15(20-22)11-4-6-19-7-5-11/h2-8H,9-10H2,1H3. The first-order valence-corrected chi connectivity index (χ1v) is 7.89. The van der Waals surface area contributed by atoms with Crippen molar-refractivity contribution in [1.82, 2.24) is 19.7 Å². The van der Waals surface area contributed by atoms with Gasteiger partial charge in [-0.3, -0.25) is 9.88 Å². The molecular weight excluding hydrogens is 351 g/mol. The van der Waals surface area contributed by atoms with Gasteiger partial charge in [-0.05, 0) is 36.9 Å². The fourth-order valence-electron chi connectivity index (χ4n) is 2.23. The Kier molecular flexibility index (Phi) is 4.99. The average molecular weight is 365 g/mol. The average Bonchev–Trinajstić information content (AvgIpc) is 2.92. The highest BCUT2D eigenvalue weighted by Crippen LogP contribution is 2.22. The fraction of sp³-hybridized carbons (Fsp3) is 0.188. The van der Waals surface area contributed by atoms with Crippen molar-refractivity contribution in [2.45, 2.75) is 13.2 Å². The van der Waals surface area contributed by atoms with Crippen LogP contribution < -0.4 is 5.76 Å². The molecule has 0 amide bonds. The lowest BCUT2D eigenvalue weighted by Gasteiger charge is -2.16. The second kappa shape index (κ2) is 7.17. The molecule has 0 fully saturated rings. The summed E-state index contributed by atoms with van der Waals surface area (Å²) in [5, 5.41) is 5.38. The monoisotopic (exact) mass is 364 g/mol. The number of nitrogens with zero attached hydrogens (tertiary/aromatic N) is 4. The lowest BCUT2D eigenvalue weighted by molar-refractivity contribution is 0.237. The lowest BCUT2D eigenvalue weighted by Crippen LogP contribution is -2.28. The summed E-state index contributed by atoms with van der Waals surface area (Å²) >= 11 is 12.1. The molecule has 0 spiro atoms. The van der Waals surface area contributed by atoms with Crippen LogP contribution in [0.25, 0.3) is 11.5 Å². The zero-order valence-corrected chi connectivity index (χ0v) is 14.3. The fourth-order valence-corrected chi connectivity index (χ4v) is 2.69. The van der Waals surface area contributed by atoms with E-state index in [0.717, 1.165) is 5.56 Å². The van der Waals surface area contributed by atoms with Gasteiger partial charge in [-0.2, -0.15) is 4.68 Å². The first-order valence-electron chi connectivity index (χ1n) is 7.14. The third-order valence-electron chi connectivity index (χ3n) is 3.36. The van der Waals surface area contributed by atoms with Gasteiger partial charge in [-0.1, -0.05) is 29.3 Å². The van der Waals surface area contributed by atoms with E-state index in [1.807, 2.05) is 18.0 Å². The van der Waals surface area contributed by atoms with E-state index in [1.165, 1.54) is 4.68 Å². The molecule has 6 nitrogen and oxygen atoms in total. The van der Waals surface area contributed by atoms with E-state index in [1.54, 1.807) is 36.7 Å². The van der Waals surface area contributed by atoms with Crippen LogP contribution in [0.2, 0.25) is 10.0 Å². The Morgan fingerprint density at radius 2 is 1.96 bits per heavy atom. The maximum Gasteiger partial charge on any atom is 0.438 e. The topological polar surface area (TPSA) is 64.2 Å². The van der Waals surface area contributed by atoms with E-state index in [2.05, 4.69) is 10.1 Å². The summed E-state index contributed by atoms with van der Waals surface area (Å²) in [6, 6.07) is 8.78. The highest BCUT2D eigenvalue weighted by molar-refractivity contribution is 6.35.